The maximum atomic E-state index is 5.54. The molecule has 0 aliphatic heterocycles. The number of para-hydroxylation sites is 3. The fraction of sp³-hybridized carbons (Fsp3) is 0. The summed E-state index contributed by atoms with van der Waals surface area (Å²) < 4.78 is 8.69. The van der Waals surface area contributed by atoms with Gasteiger partial charge in [0.25, 0.3) is 0 Å². The number of thiazole rings is 1. The average molecular weight is 768 g/mol. The first-order valence-electron chi connectivity index (χ1n) is 18.7. The Morgan fingerprint density at radius 1 is 0.375 bits per heavy atom. The minimum absolute atomic E-state index is 0.922. The van der Waals surface area contributed by atoms with Gasteiger partial charge in [-0.2, -0.15) is 0 Å². The molecule has 0 radical (unpaired) electrons. The van der Waals surface area contributed by atoms with Crippen LogP contribution in [0.5, 0.6) is 0 Å². The predicted octanol–water partition coefficient (Wildman–Crippen LogP) is 15.0. The Morgan fingerprint density at radius 2 is 0.929 bits per heavy atom. The van der Waals surface area contributed by atoms with E-state index in [-0.39, 0.29) is 0 Å². The van der Waals surface area contributed by atoms with Crippen LogP contribution in [-0.2, 0) is 0 Å². The zero-order valence-electron chi connectivity index (χ0n) is 29.8. The summed E-state index contributed by atoms with van der Waals surface area (Å²) in [5.41, 5.74) is 11.2. The van der Waals surface area contributed by atoms with Crippen LogP contribution in [0.15, 0.2) is 176 Å². The summed E-state index contributed by atoms with van der Waals surface area (Å²) in [6.07, 6.45) is 0. The normalized spacial score (nSPS) is 11.9. The van der Waals surface area contributed by atoms with Crippen molar-refractivity contribution in [3.63, 3.8) is 0 Å². The molecule has 4 aromatic heterocycles. The lowest BCUT2D eigenvalue weighted by atomic mass is 9.97. The van der Waals surface area contributed by atoms with Gasteiger partial charge in [-0.25, -0.2) is 9.97 Å². The Hall–Kier alpha value is -6.44. The Morgan fingerprint density at radius 3 is 1.64 bits per heavy atom. The molecule has 4 heterocycles. The van der Waals surface area contributed by atoms with E-state index in [1.807, 2.05) is 22.7 Å². The van der Waals surface area contributed by atoms with Crippen LogP contribution in [0.4, 0.5) is 0 Å². The zero-order chi connectivity index (χ0) is 36.7. The van der Waals surface area contributed by atoms with Crippen molar-refractivity contribution >= 4 is 95.6 Å². The second kappa shape index (κ2) is 12.5. The zero-order valence-corrected chi connectivity index (χ0v) is 32.3. The van der Waals surface area contributed by atoms with E-state index in [9.17, 15) is 0 Å². The van der Waals surface area contributed by atoms with Gasteiger partial charge in [-0.3, -0.25) is 4.57 Å². The van der Waals surface area contributed by atoms with E-state index >= 15 is 0 Å². The van der Waals surface area contributed by atoms with Crippen molar-refractivity contribution in [1.82, 2.24) is 14.5 Å². The van der Waals surface area contributed by atoms with Gasteiger partial charge >= 0.3 is 0 Å². The van der Waals surface area contributed by atoms with Crippen LogP contribution < -0.4 is 0 Å². The number of hydrogen-bond acceptors (Lipinski definition) is 5. The molecule has 0 spiro atoms. The fourth-order valence-corrected chi connectivity index (χ4v) is 11.9. The van der Waals surface area contributed by atoms with Crippen molar-refractivity contribution < 1.29 is 0 Å². The van der Waals surface area contributed by atoms with E-state index in [1.165, 1.54) is 67.3 Å². The van der Waals surface area contributed by atoms with Crippen molar-refractivity contribution in [3.05, 3.63) is 176 Å². The number of benzene rings is 8. The first-order chi connectivity index (χ1) is 27.8. The van der Waals surface area contributed by atoms with Gasteiger partial charge in [-0.15, -0.1) is 34.0 Å². The van der Waals surface area contributed by atoms with Crippen LogP contribution in [0.2, 0.25) is 0 Å². The molecular formula is C50H29N3S3. The molecule has 8 aromatic carbocycles. The predicted molar refractivity (Wildman–Crippen MR) is 242 cm³/mol. The van der Waals surface area contributed by atoms with Crippen molar-refractivity contribution in [2.75, 3.05) is 0 Å². The van der Waals surface area contributed by atoms with Crippen LogP contribution >= 0.6 is 34.0 Å². The van der Waals surface area contributed by atoms with E-state index < -0.39 is 0 Å². The van der Waals surface area contributed by atoms with E-state index in [0.717, 1.165) is 44.2 Å². The monoisotopic (exact) mass is 767 g/mol. The SMILES string of the molecule is c1ccc(-n2c(-c3ccc(-c4nc5c(-c6cccc7c6sc6ccccc67)ccc(-c6cccc7c6sc6ccccc67)c5s4)cc3)nc3ccccc32)cc1. The topological polar surface area (TPSA) is 30.7 Å². The highest BCUT2D eigenvalue weighted by atomic mass is 32.1. The fourth-order valence-electron chi connectivity index (χ4n) is 8.30. The van der Waals surface area contributed by atoms with Gasteiger partial charge in [0.15, 0.2) is 0 Å². The smallest absolute Gasteiger partial charge is 0.145 e. The Kier molecular flexibility index (Phi) is 7.14. The molecule has 0 saturated carbocycles. The molecule has 262 valence electrons. The van der Waals surface area contributed by atoms with Crippen LogP contribution in [0.1, 0.15) is 0 Å². The van der Waals surface area contributed by atoms with Gasteiger partial charge in [0.1, 0.15) is 10.8 Å². The summed E-state index contributed by atoms with van der Waals surface area (Å²) in [6.45, 7) is 0. The second-order valence-corrected chi connectivity index (χ2v) is 17.2. The molecule has 0 saturated heterocycles. The molecule has 0 unspecified atom stereocenters. The number of nitrogens with zero attached hydrogens (tertiary/aromatic N) is 3. The lowest BCUT2D eigenvalue weighted by Gasteiger charge is -2.10. The Labute approximate surface area is 334 Å². The van der Waals surface area contributed by atoms with Crippen molar-refractivity contribution in [2.24, 2.45) is 0 Å². The average Bonchev–Trinajstić information content (AvgIpc) is 4.05. The molecule has 0 aliphatic rings. The minimum Gasteiger partial charge on any atom is -0.292 e. The molecule has 0 fully saturated rings. The second-order valence-electron chi connectivity index (χ2n) is 14.1. The molecule has 0 amide bonds. The summed E-state index contributed by atoms with van der Waals surface area (Å²) in [5.74, 6) is 0.922. The van der Waals surface area contributed by atoms with Gasteiger partial charge in [-0.1, -0.05) is 140 Å². The van der Waals surface area contributed by atoms with Crippen LogP contribution in [-0.4, -0.2) is 14.5 Å². The molecule has 0 bridgehead atoms. The number of rotatable bonds is 5. The van der Waals surface area contributed by atoms with Crippen molar-refractivity contribution in [3.8, 4) is 49.9 Å². The molecule has 56 heavy (non-hydrogen) atoms. The summed E-state index contributed by atoms with van der Waals surface area (Å²) in [6, 6.07) is 63.3. The first kappa shape index (κ1) is 31.9. The number of hydrogen-bond donors (Lipinski definition) is 0. The van der Waals surface area contributed by atoms with Crippen molar-refractivity contribution in [2.45, 2.75) is 0 Å². The summed E-state index contributed by atoms with van der Waals surface area (Å²) >= 11 is 5.54. The molecular weight excluding hydrogens is 739 g/mol. The molecule has 3 nitrogen and oxygen atoms in total. The maximum absolute atomic E-state index is 5.54. The van der Waals surface area contributed by atoms with E-state index in [0.29, 0.717) is 0 Å². The molecule has 12 rings (SSSR count). The largest absolute Gasteiger partial charge is 0.292 e. The number of aromatic nitrogens is 3. The Bertz CT molecular complexity index is 3330. The third-order valence-electron chi connectivity index (χ3n) is 10.9. The highest BCUT2D eigenvalue weighted by Gasteiger charge is 2.21. The highest BCUT2D eigenvalue weighted by Crippen LogP contribution is 2.48. The van der Waals surface area contributed by atoms with Gasteiger partial charge in [0.2, 0.25) is 0 Å². The summed E-state index contributed by atoms with van der Waals surface area (Å²) in [7, 11) is 0. The van der Waals surface area contributed by atoms with Gasteiger partial charge in [-0.05, 0) is 36.4 Å². The number of imidazole rings is 1. The molecule has 12 aromatic rings. The first-order valence-corrected chi connectivity index (χ1v) is 21.1. The van der Waals surface area contributed by atoms with Gasteiger partial charge in [0, 0.05) is 79.4 Å². The molecule has 6 heteroatoms. The molecule has 0 aliphatic carbocycles. The van der Waals surface area contributed by atoms with Gasteiger partial charge in [0.05, 0.1) is 21.3 Å². The number of fused-ring (bicyclic) bond motifs is 8. The highest BCUT2D eigenvalue weighted by molar-refractivity contribution is 7.27. The van der Waals surface area contributed by atoms with Crippen LogP contribution in [0.25, 0.3) is 111 Å². The lowest BCUT2D eigenvalue weighted by molar-refractivity contribution is 1.10. The quantitative estimate of drug-likeness (QED) is 0.175. The summed E-state index contributed by atoms with van der Waals surface area (Å²) in [4.78, 5) is 10.7. The Balaban J connectivity index is 1.06. The maximum Gasteiger partial charge on any atom is 0.145 e. The van der Waals surface area contributed by atoms with E-state index in [2.05, 4.69) is 180 Å². The van der Waals surface area contributed by atoms with Gasteiger partial charge < -0.3 is 0 Å². The lowest BCUT2D eigenvalue weighted by Crippen LogP contribution is -1.97. The van der Waals surface area contributed by atoms with Crippen molar-refractivity contribution in [1.29, 1.82) is 0 Å². The minimum atomic E-state index is 0.922. The standard InChI is InChI=1S/C50H29N3S3/c1-2-12-32(13-3-1)53-42-21-7-6-20-41(42)51-49(53)30-24-26-31(27-25-30)50-52-45-35(38-18-10-16-36-33-14-4-8-22-43(33)54-46(36)38)28-29-40(48(45)56-50)39-19-11-17-37-34-15-5-9-23-44(34)55-47(37)39/h1-29H. The van der Waals surface area contributed by atoms with E-state index in [1.54, 1.807) is 11.3 Å². The van der Waals surface area contributed by atoms with Crippen LogP contribution in [0, 0.1) is 0 Å². The third-order valence-corrected chi connectivity index (χ3v) is 14.5. The third kappa shape index (κ3) is 4.87. The molecule has 0 N–H and O–H groups in total. The van der Waals surface area contributed by atoms with Crippen LogP contribution in [0.3, 0.4) is 0 Å². The van der Waals surface area contributed by atoms with E-state index in [4.69, 9.17) is 9.97 Å². The molecule has 0 atom stereocenters. The number of thiophene rings is 2. The summed E-state index contributed by atoms with van der Waals surface area (Å²) in [5, 5.41) is 6.21.